The first kappa shape index (κ1) is 15.0. The molecule has 1 aromatic heterocycles. The molecule has 2 aromatic rings. The maximum absolute atomic E-state index is 13.4. The number of halogens is 1. The first-order chi connectivity index (χ1) is 10.1. The van der Waals surface area contributed by atoms with Gasteiger partial charge in [0.15, 0.2) is 0 Å². The van der Waals surface area contributed by atoms with Gasteiger partial charge in [-0.05, 0) is 0 Å². The van der Waals surface area contributed by atoms with Gasteiger partial charge >= 0.3 is 0 Å². The second-order valence-electron chi connectivity index (χ2n) is 4.25. The Morgan fingerprint density at radius 3 is 3.00 bits per heavy atom. The van der Waals surface area contributed by atoms with Gasteiger partial charge < -0.3 is 10.1 Å². The Balaban J connectivity index is 2.12. The average molecular weight is 295 g/mol. The summed E-state index contributed by atoms with van der Waals surface area (Å²) in [4.78, 5) is 10.1. The zero-order valence-corrected chi connectivity index (χ0v) is 11.3. The molecule has 1 aromatic carbocycles. The van der Waals surface area contributed by atoms with Crippen molar-refractivity contribution in [3.8, 4) is 5.69 Å². The minimum atomic E-state index is -0.700. The van der Waals surface area contributed by atoms with Gasteiger partial charge in [0.05, 0.1) is 35.2 Å². The van der Waals surface area contributed by atoms with Crippen LogP contribution in [-0.2, 0) is 11.3 Å². The Kier molecular flexibility index (Phi) is 4.90. The number of nitrogens with one attached hydrogen (secondary N) is 1. The van der Waals surface area contributed by atoms with Crippen LogP contribution >= 0.6 is 0 Å². The molecule has 2 rings (SSSR count). The van der Waals surface area contributed by atoms with Crippen LogP contribution in [0.3, 0.4) is 0 Å². The zero-order chi connectivity index (χ0) is 15.2. The average Bonchev–Trinajstić information content (AvgIpc) is 2.92. The third-order valence-electron chi connectivity index (χ3n) is 2.67. The number of aromatic nitrogens is 3. The molecule has 112 valence electrons. The molecule has 0 radical (unpaired) electrons. The van der Waals surface area contributed by atoms with Gasteiger partial charge in [-0.25, -0.2) is 9.07 Å². The van der Waals surface area contributed by atoms with Gasteiger partial charge in [-0.1, -0.05) is 5.21 Å². The van der Waals surface area contributed by atoms with Crippen molar-refractivity contribution in [2.45, 2.75) is 6.54 Å². The summed E-state index contributed by atoms with van der Waals surface area (Å²) in [6.07, 6.45) is 1.58. The fourth-order valence-corrected chi connectivity index (χ4v) is 1.69. The van der Waals surface area contributed by atoms with Crippen molar-refractivity contribution in [3.05, 3.63) is 46.0 Å². The summed E-state index contributed by atoms with van der Waals surface area (Å²) in [5, 5.41) is 21.5. The van der Waals surface area contributed by atoms with Gasteiger partial charge in [-0.2, -0.15) is 0 Å². The van der Waals surface area contributed by atoms with Crippen LogP contribution in [0.15, 0.2) is 24.4 Å². The lowest BCUT2D eigenvalue weighted by molar-refractivity contribution is -0.385. The number of nitro groups is 1. The summed E-state index contributed by atoms with van der Waals surface area (Å²) in [5.74, 6) is -0.700. The maximum Gasteiger partial charge on any atom is 0.274 e. The highest BCUT2D eigenvalue weighted by Crippen LogP contribution is 2.18. The highest BCUT2D eigenvalue weighted by Gasteiger charge is 2.12. The SMILES string of the molecule is COCCNCc1cn(-c2cc(F)cc([N+](=O)[O-])c2)nn1. The van der Waals surface area contributed by atoms with Crippen LogP contribution in [0.25, 0.3) is 5.69 Å². The van der Waals surface area contributed by atoms with E-state index in [2.05, 4.69) is 15.6 Å². The first-order valence-electron chi connectivity index (χ1n) is 6.16. The predicted octanol–water partition coefficient (Wildman–Crippen LogP) is 1.05. The Morgan fingerprint density at radius 2 is 2.29 bits per heavy atom. The van der Waals surface area contributed by atoms with E-state index in [1.165, 1.54) is 10.7 Å². The molecule has 1 N–H and O–H groups in total. The normalized spacial score (nSPS) is 10.8. The molecule has 0 saturated heterocycles. The molecule has 0 unspecified atom stereocenters. The standard InChI is InChI=1S/C12H14FN5O3/c1-21-3-2-14-7-10-8-17(16-15-10)11-4-9(13)5-12(6-11)18(19)20/h4-6,8,14H,2-3,7H2,1H3. The summed E-state index contributed by atoms with van der Waals surface area (Å²) >= 11 is 0. The summed E-state index contributed by atoms with van der Waals surface area (Å²) in [7, 11) is 1.61. The van der Waals surface area contributed by atoms with Gasteiger partial charge in [0.2, 0.25) is 0 Å². The summed E-state index contributed by atoms with van der Waals surface area (Å²) in [5.41, 5.74) is 0.552. The van der Waals surface area contributed by atoms with Crippen LogP contribution in [-0.4, -0.2) is 40.2 Å². The maximum atomic E-state index is 13.4. The minimum Gasteiger partial charge on any atom is -0.383 e. The highest BCUT2D eigenvalue weighted by molar-refractivity contribution is 5.43. The molecule has 9 heteroatoms. The third kappa shape index (κ3) is 4.04. The van der Waals surface area contributed by atoms with Gasteiger partial charge in [0.25, 0.3) is 5.69 Å². The predicted molar refractivity (Wildman–Crippen MR) is 71.6 cm³/mol. The van der Waals surface area contributed by atoms with E-state index >= 15 is 0 Å². The first-order valence-corrected chi connectivity index (χ1v) is 6.16. The van der Waals surface area contributed by atoms with E-state index in [4.69, 9.17) is 4.74 Å². The van der Waals surface area contributed by atoms with E-state index in [9.17, 15) is 14.5 Å². The summed E-state index contributed by atoms with van der Waals surface area (Å²) < 4.78 is 19.6. The van der Waals surface area contributed by atoms with E-state index < -0.39 is 10.7 Å². The highest BCUT2D eigenvalue weighted by atomic mass is 19.1. The Labute approximate surface area is 119 Å². The quantitative estimate of drug-likeness (QED) is 0.466. The Morgan fingerprint density at radius 1 is 1.48 bits per heavy atom. The number of hydrogen-bond donors (Lipinski definition) is 1. The lowest BCUT2D eigenvalue weighted by Gasteiger charge is -2.01. The number of nitro benzene ring substituents is 1. The van der Waals surface area contributed by atoms with Gasteiger partial charge in [-0.15, -0.1) is 5.10 Å². The summed E-state index contributed by atoms with van der Waals surface area (Å²) in [6.45, 7) is 1.71. The van der Waals surface area contributed by atoms with Gasteiger partial charge in [-0.3, -0.25) is 10.1 Å². The molecule has 0 saturated carbocycles. The Hall–Kier alpha value is -2.39. The van der Waals surface area contributed by atoms with Crippen LogP contribution in [0, 0.1) is 15.9 Å². The topological polar surface area (TPSA) is 95.1 Å². The van der Waals surface area contributed by atoms with E-state index in [1.807, 2.05) is 0 Å². The van der Waals surface area contributed by atoms with Crippen LogP contribution < -0.4 is 5.32 Å². The number of methoxy groups -OCH3 is 1. The lowest BCUT2D eigenvalue weighted by atomic mass is 10.2. The fourth-order valence-electron chi connectivity index (χ4n) is 1.69. The van der Waals surface area contributed by atoms with Gasteiger partial charge in [0.1, 0.15) is 5.82 Å². The van der Waals surface area contributed by atoms with Crippen molar-refractivity contribution in [2.24, 2.45) is 0 Å². The molecule has 0 aliphatic carbocycles. The molecule has 0 spiro atoms. The lowest BCUT2D eigenvalue weighted by Crippen LogP contribution is -2.18. The molecule has 1 heterocycles. The monoisotopic (exact) mass is 295 g/mol. The number of non-ortho nitro benzene ring substituents is 1. The largest absolute Gasteiger partial charge is 0.383 e. The molecule has 0 aliphatic rings. The number of ether oxygens (including phenoxy) is 1. The molecule has 8 nitrogen and oxygen atoms in total. The summed E-state index contributed by atoms with van der Waals surface area (Å²) in [6, 6.07) is 3.25. The molecule has 0 atom stereocenters. The molecule has 0 aliphatic heterocycles. The van der Waals surface area contributed by atoms with Crippen molar-refractivity contribution in [2.75, 3.05) is 20.3 Å². The number of hydrogen-bond acceptors (Lipinski definition) is 6. The number of nitrogens with zero attached hydrogens (tertiary/aromatic N) is 4. The van der Waals surface area contributed by atoms with E-state index in [0.29, 0.717) is 25.4 Å². The van der Waals surface area contributed by atoms with E-state index in [0.717, 1.165) is 12.1 Å². The Bertz CT molecular complexity index is 631. The molecular weight excluding hydrogens is 281 g/mol. The third-order valence-corrected chi connectivity index (χ3v) is 2.67. The molecule has 0 bridgehead atoms. The second-order valence-corrected chi connectivity index (χ2v) is 4.25. The fraction of sp³-hybridized carbons (Fsp3) is 0.333. The van der Waals surface area contributed by atoms with Crippen molar-refractivity contribution >= 4 is 5.69 Å². The number of rotatable bonds is 7. The zero-order valence-electron chi connectivity index (χ0n) is 11.3. The molecule has 0 fully saturated rings. The van der Waals surface area contributed by atoms with Crippen LogP contribution in [0.4, 0.5) is 10.1 Å². The van der Waals surface area contributed by atoms with Gasteiger partial charge in [0, 0.05) is 32.3 Å². The van der Waals surface area contributed by atoms with Crippen LogP contribution in [0.2, 0.25) is 0 Å². The molecule has 21 heavy (non-hydrogen) atoms. The van der Waals surface area contributed by atoms with Crippen molar-refractivity contribution in [1.82, 2.24) is 20.3 Å². The van der Waals surface area contributed by atoms with Crippen molar-refractivity contribution in [3.63, 3.8) is 0 Å². The number of benzene rings is 1. The van der Waals surface area contributed by atoms with Crippen LogP contribution in [0.5, 0.6) is 0 Å². The van der Waals surface area contributed by atoms with E-state index in [-0.39, 0.29) is 11.4 Å². The molecule has 0 amide bonds. The van der Waals surface area contributed by atoms with Crippen LogP contribution in [0.1, 0.15) is 5.69 Å². The molecular formula is C12H14FN5O3. The van der Waals surface area contributed by atoms with Crippen molar-refractivity contribution < 1.29 is 14.1 Å². The van der Waals surface area contributed by atoms with E-state index in [1.54, 1.807) is 13.3 Å². The van der Waals surface area contributed by atoms with Crippen molar-refractivity contribution in [1.29, 1.82) is 0 Å². The minimum absolute atomic E-state index is 0.248. The smallest absolute Gasteiger partial charge is 0.274 e. The second kappa shape index (κ2) is 6.86.